The zero-order valence-corrected chi connectivity index (χ0v) is 20.2. The van der Waals surface area contributed by atoms with E-state index in [1.807, 2.05) is 42.5 Å². The number of carbonyl (C=O) groups is 1. The molecule has 35 heavy (non-hydrogen) atoms. The van der Waals surface area contributed by atoms with Gasteiger partial charge in [0.25, 0.3) is 0 Å². The van der Waals surface area contributed by atoms with Gasteiger partial charge in [-0.1, -0.05) is 65.7 Å². The number of pyridine rings is 2. The van der Waals surface area contributed by atoms with Crippen molar-refractivity contribution in [1.82, 2.24) is 14.9 Å². The molecule has 1 aliphatic heterocycles. The second kappa shape index (κ2) is 9.46. The van der Waals surface area contributed by atoms with E-state index in [4.69, 9.17) is 23.2 Å². The van der Waals surface area contributed by atoms with Crippen molar-refractivity contribution in [2.24, 2.45) is 5.92 Å². The van der Waals surface area contributed by atoms with E-state index in [0.29, 0.717) is 57.2 Å². The van der Waals surface area contributed by atoms with Crippen LogP contribution in [-0.2, 0) is 5.60 Å². The smallest absolute Gasteiger partial charge is 0.407 e. The molecule has 1 saturated heterocycles. The minimum atomic E-state index is -1.48. The summed E-state index contributed by atoms with van der Waals surface area (Å²) in [5.41, 5.74) is 1.78. The van der Waals surface area contributed by atoms with E-state index in [9.17, 15) is 15.0 Å². The molecule has 1 aliphatic rings. The van der Waals surface area contributed by atoms with Gasteiger partial charge in [-0.15, -0.1) is 0 Å². The molecule has 0 spiro atoms. The first-order chi connectivity index (χ1) is 16.9. The van der Waals surface area contributed by atoms with E-state index in [0.717, 1.165) is 5.56 Å². The Hall–Kier alpha value is -3.19. The van der Waals surface area contributed by atoms with Crippen molar-refractivity contribution in [1.29, 1.82) is 0 Å². The molecule has 2 aromatic carbocycles. The molecule has 6 nitrogen and oxygen atoms in total. The Morgan fingerprint density at radius 3 is 2.57 bits per heavy atom. The van der Waals surface area contributed by atoms with E-state index >= 15 is 0 Å². The summed E-state index contributed by atoms with van der Waals surface area (Å²) in [7, 11) is 0. The van der Waals surface area contributed by atoms with Crippen LogP contribution < -0.4 is 0 Å². The van der Waals surface area contributed by atoms with Crippen LogP contribution in [0.2, 0.25) is 10.2 Å². The predicted molar refractivity (Wildman–Crippen MR) is 137 cm³/mol. The number of hydrogen-bond donors (Lipinski definition) is 2. The number of piperidine rings is 1. The third-order valence-electron chi connectivity index (χ3n) is 6.76. The minimum Gasteiger partial charge on any atom is -0.465 e. The van der Waals surface area contributed by atoms with Crippen molar-refractivity contribution in [3.63, 3.8) is 0 Å². The maximum Gasteiger partial charge on any atom is 0.407 e. The Morgan fingerprint density at radius 2 is 1.86 bits per heavy atom. The van der Waals surface area contributed by atoms with Crippen molar-refractivity contribution in [3.05, 3.63) is 94.4 Å². The van der Waals surface area contributed by atoms with E-state index in [-0.39, 0.29) is 12.5 Å². The van der Waals surface area contributed by atoms with Crippen LogP contribution in [0.25, 0.3) is 22.0 Å². The van der Waals surface area contributed by atoms with Crippen molar-refractivity contribution in [3.8, 4) is 11.1 Å². The molecular formula is C27H23Cl2N3O3. The summed E-state index contributed by atoms with van der Waals surface area (Å²) >= 11 is 13.4. The van der Waals surface area contributed by atoms with Crippen LogP contribution in [0.4, 0.5) is 4.79 Å². The average Bonchev–Trinajstić information content (AvgIpc) is 2.89. The van der Waals surface area contributed by atoms with Gasteiger partial charge in [0.15, 0.2) is 0 Å². The fourth-order valence-electron chi connectivity index (χ4n) is 5.00. The fraction of sp³-hybridized carbons (Fsp3) is 0.222. The number of hydrogen-bond acceptors (Lipinski definition) is 4. The molecule has 4 aromatic rings. The molecule has 0 aliphatic carbocycles. The van der Waals surface area contributed by atoms with Crippen molar-refractivity contribution in [2.75, 3.05) is 13.1 Å². The highest BCUT2D eigenvalue weighted by Crippen LogP contribution is 2.44. The molecule has 0 bridgehead atoms. The molecule has 2 unspecified atom stereocenters. The van der Waals surface area contributed by atoms with E-state index in [2.05, 4.69) is 9.97 Å². The second-order valence-electron chi connectivity index (χ2n) is 8.77. The molecule has 3 heterocycles. The Labute approximate surface area is 212 Å². The largest absolute Gasteiger partial charge is 0.465 e. The minimum absolute atomic E-state index is 0.209. The second-order valence-corrected chi connectivity index (χ2v) is 9.50. The van der Waals surface area contributed by atoms with Crippen molar-refractivity contribution < 1.29 is 15.0 Å². The van der Waals surface area contributed by atoms with Gasteiger partial charge in [0, 0.05) is 47.9 Å². The number of benzene rings is 2. The summed E-state index contributed by atoms with van der Waals surface area (Å²) in [4.78, 5) is 21.9. The lowest BCUT2D eigenvalue weighted by Gasteiger charge is -2.42. The van der Waals surface area contributed by atoms with Gasteiger partial charge in [0.1, 0.15) is 10.8 Å². The highest BCUT2D eigenvalue weighted by Gasteiger charge is 2.43. The molecule has 2 aromatic heterocycles. The quantitative estimate of drug-likeness (QED) is 0.319. The predicted octanol–water partition coefficient (Wildman–Crippen LogP) is 6.23. The Morgan fingerprint density at radius 1 is 1.06 bits per heavy atom. The maximum absolute atomic E-state index is 12.3. The van der Waals surface area contributed by atoms with Crippen molar-refractivity contribution >= 4 is 40.2 Å². The van der Waals surface area contributed by atoms with Gasteiger partial charge in [-0.3, -0.25) is 4.98 Å². The van der Waals surface area contributed by atoms with Gasteiger partial charge in [0.2, 0.25) is 0 Å². The molecule has 0 radical (unpaired) electrons. The Bertz CT molecular complexity index is 1390. The third-order valence-corrected chi connectivity index (χ3v) is 7.43. The van der Waals surface area contributed by atoms with Crippen LogP contribution in [0.1, 0.15) is 24.0 Å². The van der Waals surface area contributed by atoms with Gasteiger partial charge in [-0.25, -0.2) is 9.78 Å². The molecule has 8 heteroatoms. The van der Waals surface area contributed by atoms with Crippen LogP contribution in [-0.4, -0.2) is 44.3 Å². The molecule has 1 fully saturated rings. The topological polar surface area (TPSA) is 86.5 Å². The molecule has 178 valence electrons. The summed E-state index contributed by atoms with van der Waals surface area (Å²) in [6, 6.07) is 18.6. The molecular weight excluding hydrogens is 485 g/mol. The van der Waals surface area contributed by atoms with Crippen LogP contribution in [0.15, 0.2) is 73.1 Å². The zero-order valence-electron chi connectivity index (χ0n) is 18.7. The number of aromatic nitrogens is 2. The van der Waals surface area contributed by atoms with Crippen LogP contribution in [0.5, 0.6) is 0 Å². The monoisotopic (exact) mass is 507 g/mol. The lowest BCUT2D eigenvalue weighted by molar-refractivity contribution is -0.0164. The summed E-state index contributed by atoms with van der Waals surface area (Å²) < 4.78 is 0. The summed E-state index contributed by atoms with van der Waals surface area (Å²) in [6.07, 6.45) is 3.60. The van der Waals surface area contributed by atoms with Gasteiger partial charge in [-0.2, -0.15) is 0 Å². The van der Waals surface area contributed by atoms with E-state index in [1.165, 1.54) is 4.90 Å². The van der Waals surface area contributed by atoms with Crippen LogP contribution in [0, 0.1) is 5.92 Å². The van der Waals surface area contributed by atoms with Crippen LogP contribution >= 0.6 is 23.2 Å². The molecule has 2 N–H and O–H groups in total. The first-order valence-electron chi connectivity index (χ1n) is 11.3. The normalized spacial score (nSPS) is 17.8. The van der Waals surface area contributed by atoms with E-state index < -0.39 is 11.7 Å². The van der Waals surface area contributed by atoms with Crippen LogP contribution in [0.3, 0.4) is 0 Å². The highest BCUT2D eigenvalue weighted by molar-refractivity contribution is 6.42. The summed E-state index contributed by atoms with van der Waals surface area (Å²) in [5.74, 6) is -0.373. The number of amides is 1. The number of fused-ring (bicyclic) bond motifs is 1. The molecule has 2 atom stereocenters. The maximum atomic E-state index is 12.3. The van der Waals surface area contributed by atoms with E-state index in [1.54, 1.807) is 30.6 Å². The third kappa shape index (κ3) is 4.22. The number of likely N-dealkylation sites (tertiary alicyclic amines) is 1. The van der Waals surface area contributed by atoms with Gasteiger partial charge < -0.3 is 15.1 Å². The van der Waals surface area contributed by atoms with Crippen molar-refractivity contribution in [2.45, 2.75) is 18.4 Å². The van der Waals surface area contributed by atoms with Gasteiger partial charge in [-0.05, 0) is 42.2 Å². The summed E-state index contributed by atoms with van der Waals surface area (Å²) in [6.45, 7) is 0.655. The number of carboxylic acid groups (broad SMARTS) is 1. The number of aliphatic hydroxyl groups is 1. The zero-order chi connectivity index (χ0) is 24.6. The number of halogens is 2. The first-order valence-corrected chi connectivity index (χ1v) is 12.1. The average molecular weight is 508 g/mol. The Balaban J connectivity index is 1.69. The fourth-order valence-corrected chi connectivity index (χ4v) is 5.70. The first kappa shape index (κ1) is 23.5. The molecule has 0 saturated carbocycles. The number of nitrogens with zero attached hydrogens (tertiary/aromatic N) is 3. The van der Waals surface area contributed by atoms with Gasteiger partial charge in [0.05, 0.1) is 10.5 Å². The standard InChI is InChI=1S/C27H23Cl2N3O3/c28-24-21-14-18(10-11-22(21)31-25(29)23(24)17-6-2-1-3-7-17)27(35,19-8-4-12-30-15-19)20-9-5-13-32(16-20)26(33)34/h1-4,6-8,10-12,14-15,20,35H,5,9,13,16H2,(H,33,34). The number of rotatable bonds is 4. The lowest BCUT2D eigenvalue weighted by atomic mass is 9.73. The summed E-state index contributed by atoms with van der Waals surface area (Å²) in [5, 5.41) is 23.3. The molecule has 5 rings (SSSR count). The van der Waals surface area contributed by atoms with Gasteiger partial charge >= 0.3 is 6.09 Å². The Kier molecular flexibility index (Phi) is 6.36. The molecule has 1 amide bonds. The lowest BCUT2D eigenvalue weighted by Crippen LogP contribution is -2.48. The SMILES string of the molecule is O=C(O)N1CCCC(C(O)(c2cccnc2)c2ccc3nc(Cl)c(-c4ccccc4)c(Cl)c3c2)C1. The highest BCUT2D eigenvalue weighted by atomic mass is 35.5.